The number of anilines is 2. The molecule has 4 unspecified atom stereocenters. The smallest absolute Gasteiger partial charge is 0.162 e. The van der Waals surface area contributed by atoms with E-state index in [2.05, 4.69) is 38.0 Å². The summed E-state index contributed by atoms with van der Waals surface area (Å²) in [6.07, 6.45) is 5.78. The predicted molar refractivity (Wildman–Crippen MR) is 252 cm³/mol. The summed E-state index contributed by atoms with van der Waals surface area (Å²) in [5.41, 5.74) is 5.37. The van der Waals surface area contributed by atoms with Gasteiger partial charge in [-0.3, -0.25) is 4.98 Å². The van der Waals surface area contributed by atoms with Gasteiger partial charge in [0.05, 0.1) is 28.7 Å². The molecule has 0 radical (unpaired) electrons. The van der Waals surface area contributed by atoms with Gasteiger partial charge < -0.3 is 54.5 Å². The van der Waals surface area contributed by atoms with E-state index in [0.29, 0.717) is 91.9 Å². The highest BCUT2D eigenvalue weighted by molar-refractivity contribution is 5.71. The summed E-state index contributed by atoms with van der Waals surface area (Å²) >= 11 is 0. The van der Waals surface area contributed by atoms with Crippen molar-refractivity contribution in [2.75, 3.05) is 77.5 Å². The quantitative estimate of drug-likeness (QED) is 0.0654. The van der Waals surface area contributed by atoms with Crippen LogP contribution >= 0.6 is 0 Å². The third-order valence-corrected chi connectivity index (χ3v) is 11.8. The molecule has 6 aromatic rings. The molecule has 8 rings (SSSR count). The number of rotatable bonds is 20. The van der Waals surface area contributed by atoms with Crippen LogP contribution in [0.15, 0.2) is 89.7 Å². The lowest BCUT2D eigenvalue weighted by Crippen LogP contribution is -2.41. The summed E-state index contributed by atoms with van der Waals surface area (Å²) in [4.78, 5) is 26.8. The standard InChI is InChI=1S/C49H60N10O7/c1-31-47(43-24-45(53-35-13-17-62-18-14-35)56-48(55-43)32-8-5-11-39(20-32)64-29-37(60)27-50-2)44(66-58-31)23-41-22-36(15-19-63-41)59(4)46-25-42(34-10-7-16-52-26-34)54-49(57-46)33-9-6-12-40(21-33)65-30-38(61)28-51-3/h5-12,16,20-21,24-26,35-38,41,50-51,60-61H,13-15,17-19,22-23,27-30H2,1-4H3,(H,53,55,56). The zero-order chi connectivity index (χ0) is 45.8. The summed E-state index contributed by atoms with van der Waals surface area (Å²) in [6, 6.07) is 23.4. The molecule has 2 aliphatic heterocycles. The Morgan fingerprint density at radius 3 is 2.11 bits per heavy atom. The second-order valence-electron chi connectivity index (χ2n) is 16.8. The molecular weight excluding hydrogens is 841 g/mol. The van der Waals surface area contributed by atoms with Gasteiger partial charge in [-0.15, -0.1) is 0 Å². The number of likely N-dealkylation sites (N-methyl/N-ethyl adjacent to an activating group) is 2. The molecule has 2 fully saturated rings. The zero-order valence-corrected chi connectivity index (χ0v) is 38.0. The molecule has 348 valence electrons. The monoisotopic (exact) mass is 900 g/mol. The number of hydrogen-bond acceptors (Lipinski definition) is 17. The lowest BCUT2D eigenvalue weighted by Gasteiger charge is -2.36. The third-order valence-electron chi connectivity index (χ3n) is 11.8. The zero-order valence-electron chi connectivity index (χ0n) is 38.0. The Labute approximate surface area is 385 Å². The number of nitrogens with one attached hydrogen (secondary N) is 3. The van der Waals surface area contributed by atoms with Crippen molar-refractivity contribution in [3.63, 3.8) is 0 Å². The van der Waals surface area contributed by atoms with Crippen molar-refractivity contribution in [2.24, 2.45) is 0 Å². The van der Waals surface area contributed by atoms with Crippen molar-refractivity contribution in [3.8, 4) is 56.8 Å². The van der Waals surface area contributed by atoms with Gasteiger partial charge >= 0.3 is 0 Å². The average Bonchev–Trinajstić information content (AvgIpc) is 3.72. The number of aliphatic hydroxyl groups excluding tert-OH is 2. The van der Waals surface area contributed by atoms with Gasteiger partial charge in [-0.2, -0.15) is 0 Å². The van der Waals surface area contributed by atoms with E-state index in [1.807, 2.05) is 79.7 Å². The van der Waals surface area contributed by atoms with Crippen molar-refractivity contribution in [1.82, 2.24) is 40.7 Å². The van der Waals surface area contributed by atoms with Crippen LogP contribution < -0.4 is 30.3 Å². The van der Waals surface area contributed by atoms with E-state index in [1.165, 1.54) is 0 Å². The Morgan fingerprint density at radius 1 is 0.773 bits per heavy atom. The molecule has 17 heteroatoms. The van der Waals surface area contributed by atoms with E-state index in [0.717, 1.165) is 53.0 Å². The first-order chi connectivity index (χ1) is 32.2. The number of nitrogens with zero attached hydrogens (tertiary/aromatic N) is 7. The Bertz CT molecular complexity index is 2490. The van der Waals surface area contributed by atoms with Gasteiger partial charge in [-0.25, -0.2) is 19.9 Å². The van der Waals surface area contributed by atoms with E-state index in [1.54, 1.807) is 26.5 Å². The van der Waals surface area contributed by atoms with Crippen LogP contribution in [-0.4, -0.2) is 138 Å². The number of benzene rings is 2. The Kier molecular flexibility index (Phi) is 15.8. The van der Waals surface area contributed by atoms with E-state index < -0.39 is 12.2 Å². The number of pyridine rings is 1. The fourth-order valence-corrected chi connectivity index (χ4v) is 8.29. The van der Waals surface area contributed by atoms with Gasteiger partial charge in [0.2, 0.25) is 0 Å². The van der Waals surface area contributed by atoms with Gasteiger partial charge in [-0.05, 0) is 83.1 Å². The summed E-state index contributed by atoms with van der Waals surface area (Å²) in [6.45, 7) is 5.00. The second-order valence-corrected chi connectivity index (χ2v) is 16.8. The van der Waals surface area contributed by atoms with E-state index in [9.17, 15) is 10.2 Å². The Hall–Kier alpha value is -6.08. The molecule has 5 N–H and O–H groups in total. The fourth-order valence-electron chi connectivity index (χ4n) is 8.29. The molecule has 17 nitrogen and oxygen atoms in total. The highest BCUT2D eigenvalue weighted by Gasteiger charge is 2.30. The van der Waals surface area contributed by atoms with Crippen molar-refractivity contribution in [3.05, 3.63) is 96.6 Å². The van der Waals surface area contributed by atoms with Crippen molar-refractivity contribution in [1.29, 1.82) is 0 Å². The first-order valence-electron chi connectivity index (χ1n) is 22.7. The molecule has 0 amide bonds. The summed E-state index contributed by atoms with van der Waals surface area (Å²) in [5.74, 6) is 4.42. The highest BCUT2D eigenvalue weighted by Crippen LogP contribution is 2.35. The summed E-state index contributed by atoms with van der Waals surface area (Å²) in [5, 5.41) is 34.5. The van der Waals surface area contributed by atoms with Crippen molar-refractivity contribution >= 4 is 11.6 Å². The van der Waals surface area contributed by atoms with Crippen LogP contribution in [0.5, 0.6) is 11.5 Å². The maximum absolute atomic E-state index is 10.3. The van der Waals surface area contributed by atoms with Crippen LogP contribution in [0.3, 0.4) is 0 Å². The number of aryl methyl sites for hydroxylation is 1. The first-order valence-corrected chi connectivity index (χ1v) is 22.7. The maximum atomic E-state index is 10.3. The molecule has 0 saturated carbocycles. The average molecular weight is 901 g/mol. The predicted octanol–water partition coefficient (Wildman–Crippen LogP) is 5.36. The van der Waals surface area contributed by atoms with Gasteiger partial charge in [0.15, 0.2) is 11.6 Å². The van der Waals surface area contributed by atoms with Crippen LogP contribution in [0.25, 0.3) is 45.3 Å². The van der Waals surface area contributed by atoms with Crippen LogP contribution in [0.4, 0.5) is 11.6 Å². The van der Waals surface area contributed by atoms with Gasteiger partial charge in [0, 0.05) is 99.7 Å². The topological polar surface area (TPSA) is 207 Å². The minimum atomic E-state index is -0.650. The number of aliphatic hydroxyl groups is 2. The van der Waals surface area contributed by atoms with Gasteiger partial charge in [0.1, 0.15) is 54.3 Å². The molecule has 2 saturated heterocycles. The second kappa shape index (κ2) is 22.4. The molecule has 4 aromatic heterocycles. The molecule has 0 aliphatic carbocycles. The molecule has 0 bridgehead atoms. The molecule has 2 aromatic carbocycles. The minimum absolute atomic E-state index is 0.0822. The Balaban J connectivity index is 1.04. The molecule has 66 heavy (non-hydrogen) atoms. The van der Waals surface area contributed by atoms with Gasteiger partial charge in [0.25, 0.3) is 0 Å². The minimum Gasteiger partial charge on any atom is -0.491 e. The third kappa shape index (κ3) is 12.0. The summed E-state index contributed by atoms with van der Waals surface area (Å²) < 4.78 is 30.1. The van der Waals surface area contributed by atoms with Crippen LogP contribution in [0.1, 0.15) is 37.1 Å². The van der Waals surface area contributed by atoms with Gasteiger partial charge in [-0.1, -0.05) is 29.4 Å². The Morgan fingerprint density at radius 2 is 1.44 bits per heavy atom. The van der Waals surface area contributed by atoms with E-state index in [-0.39, 0.29) is 31.4 Å². The van der Waals surface area contributed by atoms with E-state index >= 15 is 0 Å². The van der Waals surface area contributed by atoms with Crippen LogP contribution in [-0.2, 0) is 15.9 Å². The molecule has 4 atom stereocenters. The number of ether oxygens (including phenoxy) is 4. The summed E-state index contributed by atoms with van der Waals surface area (Å²) in [7, 11) is 5.65. The number of hydrogen-bond donors (Lipinski definition) is 5. The molecule has 2 aliphatic rings. The lowest BCUT2D eigenvalue weighted by molar-refractivity contribution is 0.00451. The molecular formula is C49H60N10O7. The van der Waals surface area contributed by atoms with Crippen molar-refractivity contribution < 1.29 is 33.7 Å². The maximum Gasteiger partial charge on any atom is 0.162 e. The van der Waals surface area contributed by atoms with Crippen molar-refractivity contribution in [2.45, 2.75) is 69.4 Å². The fraction of sp³-hybridized carbons (Fsp3) is 0.429. The SMILES string of the molecule is CNCC(O)COc1cccc(-c2nc(NC3CCOCC3)cc(-c3c(C)noc3CC3CC(N(C)c4cc(-c5cccnc5)nc(-c5cccc(OCC(O)CNC)c5)n4)CCO3)n2)c1. The largest absolute Gasteiger partial charge is 0.491 e. The van der Waals surface area contributed by atoms with Crippen LogP contribution in [0.2, 0.25) is 0 Å². The number of aromatic nitrogens is 6. The lowest BCUT2D eigenvalue weighted by atomic mass is 9.96. The molecule has 0 spiro atoms. The highest BCUT2D eigenvalue weighted by atomic mass is 16.5. The molecule has 6 heterocycles. The normalized spacial score (nSPS) is 17.5. The first kappa shape index (κ1) is 46.4. The van der Waals surface area contributed by atoms with Crippen LogP contribution in [0, 0.1) is 6.92 Å². The van der Waals surface area contributed by atoms with E-state index in [4.69, 9.17) is 43.4 Å².